The van der Waals surface area contributed by atoms with Crippen LogP contribution in [0.5, 0.6) is 5.75 Å². The van der Waals surface area contributed by atoms with E-state index in [-0.39, 0.29) is 17.3 Å². The van der Waals surface area contributed by atoms with Gasteiger partial charge in [-0.3, -0.25) is 20.4 Å². The van der Waals surface area contributed by atoms with E-state index in [1.165, 1.54) is 35.3 Å². The van der Waals surface area contributed by atoms with E-state index in [4.69, 9.17) is 4.74 Å². The van der Waals surface area contributed by atoms with E-state index in [2.05, 4.69) is 16.0 Å². The molecule has 0 aliphatic heterocycles. The number of nitrogens with zero attached hydrogens (tertiary/aromatic N) is 2. The molecule has 0 atom stereocenters. The van der Waals surface area contributed by atoms with E-state index >= 15 is 0 Å². The van der Waals surface area contributed by atoms with Crippen LogP contribution in [-0.4, -0.2) is 28.7 Å². The summed E-state index contributed by atoms with van der Waals surface area (Å²) in [6.45, 7) is 0. The Hall–Kier alpha value is -3.98. The Kier molecular flexibility index (Phi) is 5.76. The van der Waals surface area contributed by atoms with Crippen molar-refractivity contribution in [1.29, 1.82) is 0 Å². The van der Waals surface area contributed by atoms with Crippen LogP contribution >= 0.6 is 11.3 Å². The molecule has 2 aromatic heterocycles. The summed E-state index contributed by atoms with van der Waals surface area (Å²) in [5.74, 6) is -1.15. The second kappa shape index (κ2) is 8.80. The molecule has 0 fully saturated rings. The van der Waals surface area contributed by atoms with Gasteiger partial charge in [0.1, 0.15) is 5.82 Å². The first-order chi connectivity index (χ1) is 15.0. The zero-order valence-electron chi connectivity index (χ0n) is 16.3. The number of ether oxygens (including phenoxy) is 1. The number of nitrogens with one attached hydrogen (secondary N) is 2. The smallest absolute Gasteiger partial charge is 0.294 e. The maximum Gasteiger partial charge on any atom is 0.294 e. The van der Waals surface area contributed by atoms with E-state index in [1.54, 1.807) is 30.5 Å². The van der Waals surface area contributed by atoms with Gasteiger partial charge >= 0.3 is 0 Å². The van der Waals surface area contributed by atoms with Gasteiger partial charge in [0.05, 0.1) is 23.9 Å². The van der Waals surface area contributed by atoms with E-state index in [9.17, 15) is 14.0 Å². The molecule has 2 N–H and O–H groups in total. The molecule has 4 aromatic rings. The first-order valence-corrected chi connectivity index (χ1v) is 10.0. The standard InChI is InChI=1S/C22H17FN4O3S/c1-30-17-13-27(16-5-3-2-4-6-16)26-20(17)22(29)25-24-21(28)19-12-11-18(31-19)14-7-9-15(23)10-8-14/h2-13H,1H3,(H,24,28)(H,25,29). The highest BCUT2D eigenvalue weighted by molar-refractivity contribution is 7.17. The molecule has 2 amide bonds. The molecule has 0 spiro atoms. The molecule has 9 heteroatoms. The SMILES string of the molecule is COc1cn(-c2ccccc2)nc1C(=O)NNC(=O)c1ccc(-c2ccc(F)cc2)s1. The lowest BCUT2D eigenvalue weighted by Gasteiger charge is -2.05. The van der Waals surface area contributed by atoms with Crippen LogP contribution in [0.2, 0.25) is 0 Å². The van der Waals surface area contributed by atoms with Gasteiger partial charge < -0.3 is 4.74 Å². The monoisotopic (exact) mass is 436 g/mol. The largest absolute Gasteiger partial charge is 0.493 e. The summed E-state index contributed by atoms with van der Waals surface area (Å²) < 4.78 is 19.8. The van der Waals surface area contributed by atoms with Crippen molar-refractivity contribution in [2.45, 2.75) is 0 Å². The number of amides is 2. The number of carbonyl (C=O) groups is 2. The third kappa shape index (κ3) is 4.46. The molecule has 0 saturated carbocycles. The Balaban J connectivity index is 1.44. The molecule has 7 nitrogen and oxygen atoms in total. The molecule has 0 saturated heterocycles. The van der Waals surface area contributed by atoms with Crippen LogP contribution in [0.4, 0.5) is 4.39 Å². The number of benzene rings is 2. The number of hydrazine groups is 1. The van der Waals surface area contributed by atoms with Gasteiger partial charge in [0.25, 0.3) is 11.8 Å². The predicted octanol–water partition coefficient (Wildman–Crippen LogP) is 3.82. The fraction of sp³-hybridized carbons (Fsp3) is 0.0455. The highest BCUT2D eigenvalue weighted by atomic mass is 32.1. The van der Waals surface area contributed by atoms with Crippen molar-refractivity contribution in [2.75, 3.05) is 7.11 Å². The number of thiophene rings is 1. The van der Waals surface area contributed by atoms with Gasteiger partial charge in [-0.15, -0.1) is 11.3 Å². The van der Waals surface area contributed by atoms with Crippen molar-refractivity contribution >= 4 is 23.2 Å². The fourth-order valence-corrected chi connectivity index (χ4v) is 3.75. The minimum atomic E-state index is -0.616. The number of halogens is 1. The third-order valence-corrected chi connectivity index (χ3v) is 5.52. The summed E-state index contributed by atoms with van der Waals surface area (Å²) in [7, 11) is 1.43. The zero-order valence-corrected chi connectivity index (χ0v) is 17.2. The molecule has 2 aromatic carbocycles. The van der Waals surface area contributed by atoms with Gasteiger partial charge in [0.15, 0.2) is 11.4 Å². The molecule has 0 aliphatic rings. The average Bonchev–Trinajstić information content (AvgIpc) is 3.46. The van der Waals surface area contributed by atoms with Crippen LogP contribution in [0.25, 0.3) is 16.1 Å². The van der Waals surface area contributed by atoms with Gasteiger partial charge in [0.2, 0.25) is 0 Å². The predicted molar refractivity (Wildman–Crippen MR) is 115 cm³/mol. The topological polar surface area (TPSA) is 85.2 Å². The van der Waals surface area contributed by atoms with E-state index in [0.29, 0.717) is 4.88 Å². The van der Waals surface area contributed by atoms with E-state index < -0.39 is 11.8 Å². The number of hydrogen-bond donors (Lipinski definition) is 2. The Morgan fingerprint density at radius 3 is 2.39 bits per heavy atom. The number of aromatic nitrogens is 2. The van der Waals surface area contributed by atoms with E-state index in [1.807, 2.05) is 30.3 Å². The number of methoxy groups -OCH3 is 1. The molecule has 4 rings (SSSR count). The van der Waals surface area contributed by atoms with Crippen LogP contribution in [0.3, 0.4) is 0 Å². The highest BCUT2D eigenvalue weighted by Crippen LogP contribution is 2.28. The van der Waals surface area contributed by atoms with Crippen LogP contribution in [0.15, 0.2) is 72.9 Å². The number of hydrogen-bond acceptors (Lipinski definition) is 5. The molecule has 0 radical (unpaired) electrons. The van der Waals surface area contributed by atoms with Crippen molar-refractivity contribution in [3.05, 3.63) is 89.3 Å². The highest BCUT2D eigenvalue weighted by Gasteiger charge is 2.19. The Morgan fingerprint density at radius 1 is 0.968 bits per heavy atom. The van der Waals surface area contributed by atoms with Crippen molar-refractivity contribution < 1.29 is 18.7 Å². The molecular formula is C22H17FN4O3S. The van der Waals surface area contributed by atoms with Crippen molar-refractivity contribution in [3.63, 3.8) is 0 Å². The van der Waals surface area contributed by atoms with Crippen molar-refractivity contribution in [2.24, 2.45) is 0 Å². The first-order valence-electron chi connectivity index (χ1n) is 9.20. The molecular weight excluding hydrogens is 419 g/mol. The molecule has 31 heavy (non-hydrogen) atoms. The number of carbonyl (C=O) groups excluding carboxylic acids is 2. The number of rotatable bonds is 5. The molecule has 156 valence electrons. The lowest BCUT2D eigenvalue weighted by Crippen LogP contribution is -2.41. The van der Waals surface area contributed by atoms with Crippen molar-refractivity contribution in [3.8, 4) is 21.9 Å². The molecule has 0 bridgehead atoms. The van der Waals surface area contributed by atoms with Crippen LogP contribution in [0, 0.1) is 5.82 Å². The summed E-state index contributed by atoms with van der Waals surface area (Å²) in [6.07, 6.45) is 1.58. The lowest BCUT2D eigenvalue weighted by atomic mass is 10.2. The van der Waals surface area contributed by atoms with Gasteiger partial charge in [-0.2, -0.15) is 5.10 Å². The Bertz CT molecular complexity index is 1220. The summed E-state index contributed by atoms with van der Waals surface area (Å²) in [5.41, 5.74) is 6.32. The summed E-state index contributed by atoms with van der Waals surface area (Å²) in [6, 6.07) is 18.6. The quantitative estimate of drug-likeness (QED) is 0.466. The minimum absolute atomic E-state index is 0.0323. The van der Waals surface area contributed by atoms with Crippen LogP contribution in [0.1, 0.15) is 20.2 Å². The first kappa shape index (κ1) is 20.3. The molecule has 2 heterocycles. The lowest BCUT2D eigenvalue weighted by molar-refractivity contribution is 0.0844. The summed E-state index contributed by atoms with van der Waals surface area (Å²) in [4.78, 5) is 26.2. The second-order valence-electron chi connectivity index (χ2n) is 6.41. The van der Waals surface area contributed by atoms with E-state index in [0.717, 1.165) is 16.1 Å². The summed E-state index contributed by atoms with van der Waals surface area (Å²) >= 11 is 1.23. The minimum Gasteiger partial charge on any atom is -0.493 e. The Labute approximate surface area is 181 Å². The van der Waals surface area contributed by atoms with Gasteiger partial charge in [-0.1, -0.05) is 30.3 Å². The average molecular weight is 436 g/mol. The maximum absolute atomic E-state index is 13.1. The van der Waals surface area contributed by atoms with Crippen LogP contribution in [-0.2, 0) is 0 Å². The molecule has 0 aliphatic carbocycles. The summed E-state index contributed by atoms with van der Waals surface area (Å²) in [5, 5.41) is 4.25. The van der Waals surface area contributed by atoms with Crippen LogP contribution < -0.4 is 15.6 Å². The van der Waals surface area contributed by atoms with Gasteiger partial charge in [-0.05, 0) is 42.0 Å². The normalized spacial score (nSPS) is 10.5. The maximum atomic E-state index is 13.1. The van der Waals surface area contributed by atoms with Gasteiger partial charge in [0, 0.05) is 4.88 Å². The van der Waals surface area contributed by atoms with Gasteiger partial charge in [-0.25, -0.2) is 9.07 Å². The molecule has 0 unspecified atom stereocenters. The zero-order chi connectivity index (χ0) is 21.8. The van der Waals surface area contributed by atoms with Crippen molar-refractivity contribution in [1.82, 2.24) is 20.6 Å². The third-order valence-electron chi connectivity index (χ3n) is 4.38. The fourth-order valence-electron chi connectivity index (χ4n) is 2.84. The second-order valence-corrected chi connectivity index (χ2v) is 7.49. The Morgan fingerprint density at radius 2 is 1.68 bits per heavy atom. The number of para-hydroxylation sites is 1.